The van der Waals surface area contributed by atoms with Gasteiger partial charge in [-0.2, -0.15) is 0 Å². The molecule has 0 radical (unpaired) electrons. The highest BCUT2D eigenvalue weighted by atomic mass is 32.1. The molecule has 0 N–H and O–H groups in total. The van der Waals surface area contributed by atoms with Crippen LogP contribution in [0.4, 0.5) is 0 Å². The zero-order valence-electron chi connectivity index (χ0n) is 19.8. The summed E-state index contributed by atoms with van der Waals surface area (Å²) in [7, 11) is 0. The Labute approximate surface area is 187 Å². The maximum atomic E-state index is 6.28. The van der Waals surface area contributed by atoms with Gasteiger partial charge in [0.2, 0.25) is 0 Å². The van der Waals surface area contributed by atoms with Crippen LogP contribution in [0.5, 0.6) is 0 Å². The molecule has 6 heteroatoms. The normalized spacial score (nSPS) is 12.5. The average molecular weight is 432 g/mol. The van der Waals surface area contributed by atoms with Crippen molar-refractivity contribution in [2.75, 3.05) is 0 Å². The van der Waals surface area contributed by atoms with E-state index in [0.717, 1.165) is 12.0 Å². The molecule has 30 heavy (non-hydrogen) atoms. The molecule has 0 saturated carbocycles. The summed E-state index contributed by atoms with van der Waals surface area (Å²) in [6, 6.07) is 8.59. The van der Waals surface area contributed by atoms with Gasteiger partial charge in [-0.3, -0.25) is 4.98 Å². The van der Waals surface area contributed by atoms with Gasteiger partial charge in [-0.25, -0.2) is 0 Å². The summed E-state index contributed by atoms with van der Waals surface area (Å²) in [4.78, 5) is 7.31. The highest BCUT2D eigenvalue weighted by Gasteiger charge is 2.36. The van der Waals surface area contributed by atoms with Crippen LogP contribution in [0.1, 0.15) is 79.0 Å². The molecule has 0 aliphatic rings. The number of pyridine rings is 1. The van der Waals surface area contributed by atoms with Crippen LogP contribution in [-0.2, 0) is 20.4 Å². The Balaban J connectivity index is 2.32. The SMILES string of the molecule is CCCCCCc1ccc(-c2ccnc([B-](OC(C)C)(OC(C)C)OC(C)C)c2)s1. The first-order valence-corrected chi connectivity index (χ1v) is 12.3. The minimum Gasteiger partial charge on any atom is -0.538 e. The summed E-state index contributed by atoms with van der Waals surface area (Å²) in [5.74, 6) is 0. The molecule has 0 atom stereocenters. The van der Waals surface area contributed by atoms with E-state index in [9.17, 15) is 0 Å². The van der Waals surface area contributed by atoms with E-state index < -0.39 is 6.75 Å². The van der Waals surface area contributed by atoms with Gasteiger partial charge in [0.15, 0.2) is 0 Å². The van der Waals surface area contributed by atoms with E-state index in [1.165, 1.54) is 35.4 Å². The Morgan fingerprint density at radius 1 is 0.867 bits per heavy atom. The van der Waals surface area contributed by atoms with Crippen molar-refractivity contribution in [1.29, 1.82) is 0 Å². The molecule has 0 saturated heterocycles. The maximum absolute atomic E-state index is 6.28. The van der Waals surface area contributed by atoms with Gasteiger partial charge < -0.3 is 14.0 Å². The van der Waals surface area contributed by atoms with Crippen LogP contribution in [0.2, 0.25) is 0 Å². The Bertz CT molecular complexity index is 734. The van der Waals surface area contributed by atoms with Crippen LogP contribution in [0.15, 0.2) is 30.5 Å². The molecule has 2 rings (SSSR count). The topological polar surface area (TPSA) is 40.6 Å². The number of aryl methyl sites for hydroxylation is 1. The molecule has 2 aromatic rings. The maximum Gasteiger partial charge on any atom is 0.428 e. The molecular weight excluding hydrogens is 393 g/mol. The Morgan fingerprint density at radius 3 is 2.07 bits per heavy atom. The lowest BCUT2D eigenvalue weighted by Crippen LogP contribution is -2.61. The van der Waals surface area contributed by atoms with Crippen LogP contribution >= 0.6 is 11.3 Å². The quantitative estimate of drug-likeness (QED) is 0.273. The molecule has 4 nitrogen and oxygen atoms in total. The molecule has 168 valence electrons. The number of nitrogens with zero attached hydrogens (tertiary/aromatic N) is 1. The molecule has 2 heterocycles. The lowest BCUT2D eigenvalue weighted by molar-refractivity contribution is 0.0146. The van der Waals surface area contributed by atoms with Crippen LogP contribution in [0, 0.1) is 0 Å². The Kier molecular flexibility index (Phi) is 10.0. The third kappa shape index (κ3) is 7.49. The average Bonchev–Trinajstić information content (AvgIpc) is 3.12. The monoisotopic (exact) mass is 432 g/mol. The summed E-state index contributed by atoms with van der Waals surface area (Å²) >= 11 is 1.86. The molecule has 0 aliphatic carbocycles. The number of aromatic nitrogens is 1. The predicted molar refractivity (Wildman–Crippen MR) is 129 cm³/mol. The molecule has 0 aliphatic heterocycles. The highest BCUT2D eigenvalue weighted by molar-refractivity contribution is 7.15. The minimum atomic E-state index is -2.15. The number of unbranched alkanes of at least 4 members (excludes halogenated alkanes) is 3. The van der Waals surface area contributed by atoms with Crippen LogP contribution in [0.25, 0.3) is 10.4 Å². The van der Waals surface area contributed by atoms with Crippen molar-refractivity contribution >= 4 is 23.7 Å². The van der Waals surface area contributed by atoms with E-state index in [2.05, 4.69) is 36.2 Å². The van der Waals surface area contributed by atoms with Crippen molar-refractivity contribution in [2.24, 2.45) is 0 Å². The number of hydrogen-bond donors (Lipinski definition) is 0. The second kappa shape index (κ2) is 12.0. The molecule has 0 bridgehead atoms. The molecule has 2 aromatic heterocycles. The number of thiophene rings is 1. The van der Waals surface area contributed by atoms with Crippen molar-refractivity contribution in [3.05, 3.63) is 35.3 Å². The lowest BCUT2D eigenvalue weighted by atomic mass is 9.71. The fourth-order valence-corrected chi connectivity index (χ4v) is 4.61. The Hall–Kier alpha value is -1.21. The van der Waals surface area contributed by atoms with Crippen molar-refractivity contribution in [2.45, 2.75) is 98.9 Å². The van der Waals surface area contributed by atoms with E-state index in [0.29, 0.717) is 5.59 Å². The van der Waals surface area contributed by atoms with Crippen molar-refractivity contribution in [1.82, 2.24) is 4.98 Å². The van der Waals surface area contributed by atoms with Crippen molar-refractivity contribution in [3.8, 4) is 10.4 Å². The smallest absolute Gasteiger partial charge is 0.428 e. The molecule has 0 unspecified atom stereocenters. The Morgan fingerprint density at radius 2 is 1.50 bits per heavy atom. The molecule has 0 aromatic carbocycles. The largest absolute Gasteiger partial charge is 0.538 e. The van der Waals surface area contributed by atoms with E-state index in [1.54, 1.807) is 0 Å². The predicted octanol–water partition coefficient (Wildman–Crippen LogP) is 6.35. The molecule has 0 spiro atoms. The van der Waals surface area contributed by atoms with Gasteiger partial charge in [0.05, 0.1) is 0 Å². The fourth-order valence-electron chi connectivity index (χ4n) is 3.57. The zero-order chi connectivity index (χ0) is 22.1. The van der Waals surface area contributed by atoms with Crippen molar-refractivity contribution < 1.29 is 14.0 Å². The second-order valence-electron chi connectivity index (χ2n) is 8.74. The number of rotatable bonds is 13. The van der Waals surface area contributed by atoms with Gasteiger partial charge in [-0.05, 0) is 83.7 Å². The van der Waals surface area contributed by atoms with E-state index >= 15 is 0 Å². The van der Waals surface area contributed by atoms with Gasteiger partial charge in [-0.1, -0.05) is 32.3 Å². The first-order chi connectivity index (χ1) is 14.3. The summed E-state index contributed by atoms with van der Waals surface area (Å²) in [6.07, 6.45) is 7.98. The fraction of sp³-hybridized carbons (Fsp3) is 0.625. The summed E-state index contributed by atoms with van der Waals surface area (Å²) in [5, 5.41) is 0. The molecular formula is C24H39BNO3S-. The second-order valence-corrected chi connectivity index (χ2v) is 9.91. The zero-order valence-corrected chi connectivity index (χ0v) is 20.6. The summed E-state index contributed by atoms with van der Waals surface area (Å²) < 4.78 is 18.8. The minimum absolute atomic E-state index is 0.0515. The van der Waals surface area contributed by atoms with Gasteiger partial charge in [0.1, 0.15) is 0 Å². The van der Waals surface area contributed by atoms with Crippen LogP contribution in [0.3, 0.4) is 0 Å². The standard InChI is InChI=1S/C24H39BNO3S/c1-8-9-10-11-12-22-13-14-23(30-22)21-15-16-26-24(17-21)25(27-18(2)3,28-19(4)5)29-20(6)7/h13-20H,8-12H2,1-7H3/q-1. The molecule has 0 amide bonds. The number of hydrogen-bond acceptors (Lipinski definition) is 5. The summed E-state index contributed by atoms with van der Waals surface area (Å²) in [5.41, 5.74) is 1.84. The third-order valence-electron chi connectivity index (χ3n) is 4.72. The van der Waals surface area contributed by atoms with Gasteiger partial charge in [-0.15, -0.1) is 11.3 Å². The molecule has 0 fully saturated rings. The van der Waals surface area contributed by atoms with Crippen LogP contribution in [-0.4, -0.2) is 30.1 Å². The first-order valence-electron chi connectivity index (χ1n) is 11.5. The lowest BCUT2D eigenvalue weighted by Gasteiger charge is -2.45. The van der Waals surface area contributed by atoms with Crippen LogP contribution < -0.4 is 5.59 Å². The van der Waals surface area contributed by atoms with Gasteiger partial charge >= 0.3 is 6.75 Å². The van der Waals surface area contributed by atoms with E-state index in [1.807, 2.05) is 59.1 Å². The first kappa shape index (κ1) is 25.1. The van der Waals surface area contributed by atoms with Gasteiger partial charge in [0.25, 0.3) is 0 Å². The highest BCUT2D eigenvalue weighted by Crippen LogP contribution is 2.29. The third-order valence-corrected chi connectivity index (χ3v) is 5.91. The van der Waals surface area contributed by atoms with Gasteiger partial charge in [0, 0.05) is 34.3 Å². The van der Waals surface area contributed by atoms with Crippen molar-refractivity contribution in [3.63, 3.8) is 0 Å². The van der Waals surface area contributed by atoms with E-state index in [-0.39, 0.29) is 18.3 Å². The summed E-state index contributed by atoms with van der Waals surface area (Å²) in [6.45, 7) is 12.1. The van der Waals surface area contributed by atoms with E-state index in [4.69, 9.17) is 14.0 Å².